The quantitative estimate of drug-likeness (QED) is 0.483. The summed E-state index contributed by atoms with van der Waals surface area (Å²) >= 11 is 6.17. The molecule has 0 saturated carbocycles. The second-order valence-corrected chi connectivity index (χ2v) is 10.9. The van der Waals surface area contributed by atoms with Crippen molar-refractivity contribution in [3.8, 4) is 5.75 Å². The van der Waals surface area contributed by atoms with Crippen LogP contribution in [0.25, 0.3) is 0 Å². The minimum absolute atomic E-state index is 0.0175. The fourth-order valence-corrected chi connectivity index (χ4v) is 4.34. The fraction of sp³-hybridized carbons (Fsp3) is 0.417. The van der Waals surface area contributed by atoms with Crippen molar-refractivity contribution >= 4 is 39.1 Å². The van der Waals surface area contributed by atoms with Crippen LogP contribution < -0.4 is 14.4 Å². The topological polar surface area (TPSA) is 96.0 Å². The largest absolute Gasteiger partial charge is 0.495 e. The first kappa shape index (κ1) is 28.4. The number of rotatable bonds is 11. The van der Waals surface area contributed by atoms with E-state index in [2.05, 4.69) is 5.32 Å². The Balaban J connectivity index is 2.38. The van der Waals surface area contributed by atoms with E-state index in [-0.39, 0.29) is 29.1 Å². The van der Waals surface area contributed by atoms with Crippen LogP contribution in [0.3, 0.4) is 0 Å². The van der Waals surface area contributed by atoms with Crippen molar-refractivity contribution in [3.05, 3.63) is 58.9 Å². The summed E-state index contributed by atoms with van der Waals surface area (Å²) in [5.74, 6) is -0.878. The Morgan fingerprint density at radius 1 is 1.11 bits per heavy atom. The maximum atomic E-state index is 13.4. The van der Waals surface area contributed by atoms with Crippen molar-refractivity contribution < 1.29 is 27.1 Å². The van der Waals surface area contributed by atoms with E-state index in [1.54, 1.807) is 6.92 Å². The predicted octanol–water partition coefficient (Wildman–Crippen LogP) is 3.44. The van der Waals surface area contributed by atoms with Gasteiger partial charge in [-0.2, -0.15) is 0 Å². The number of anilines is 1. The molecular formula is C24H31ClFN3O5S. The van der Waals surface area contributed by atoms with Gasteiger partial charge in [-0.3, -0.25) is 13.9 Å². The zero-order chi connectivity index (χ0) is 26.3. The van der Waals surface area contributed by atoms with E-state index < -0.39 is 34.3 Å². The van der Waals surface area contributed by atoms with Crippen LogP contribution >= 0.6 is 11.6 Å². The van der Waals surface area contributed by atoms with Crippen LogP contribution in [0.4, 0.5) is 10.1 Å². The molecule has 0 heterocycles. The normalized spacial score (nSPS) is 12.2. The van der Waals surface area contributed by atoms with E-state index in [1.807, 2.05) is 13.8 Å². The van der Waals surface area contributed by atoms with Gasteiger partial charge in [-0.05, 0) is 48.7 Å². The molecule has 192 valence electrons. The summed E-state index contributed by atoms with van der Waals surface area (Å²) < 4.78 is 44.6. The maximum Gasteiger partial charge on any atom is 0.244 e. The minimum Gasteiger partial charge on any atom is -0.495 e. The van der Waals surface area contributed by atoms with E-state index in [0.29, 0.717) is 17.9 Å². The van der Waals surface area contributed by atoms with Gasteiger partial charge in [0.05, 0.1) is 24.1 Å². The van der Waals surface area contributed by atoms with Crippen molar-refractivity contribution in [3.63, 3.8) is 0 Å². The highest BCUT2D eigenvalue weighted by atomic mass is 35.5. The lowest BCUT2D eigenvalue weighted by Crippen LogP contribution is -2.51. The van der Waals surface area contributed by atoms with Crippen LogP contribution in [-0.4, -0.2) is 57.6 Å². The van der Waals surface area contributed by atoms with E-state index >= 15 is 0 Å². The lowest BCUT2D eigenvalue weighted by molar-refractivity contribution is -0.139. The number of benzene rings is 2. The van der Waals surface area contributed by atoms with E-state index in [9.17, 15) is 22.4 Å². The molecule has 2 aromatic rings. The van der Waals surface area contributed by atoms with Gasteiger partial charge in [-0.1, -0.05) is 37.6 Å². The Morgan fingerprint density at radius 3 is 2.26 bits per heavy atom. The summed E-state index contributed by atoms with van der Waals surface area (Å²) in [7, 11) is -2.46. The number of carbonyl (C=O) groups is 2. The molecule has 0 aliphatic rings. The molecular weight excluding hydrogens is 497 g/mol. The Bertz CT molecular complexity index is 1140. The minimum atomic E-state index is -3.89. The van der Waals surface area contributed by atoms with Crippen LogP contribution in [0.2, 0.25) is 5.02 Å². The lowest BCUT2D eigenvalue weighted by Gasteiger charge is -2.31. The molecule has 0 aromatic heterocycles. The summed E-state index contributed by atoms with van der Waals surface area (Å²) in [5.41, 5.74) is 0.756. The summed E-state index contributed by atoms with van der Waals surface area (Å²) in [6.07, 6.45) is 0.974. The molecule has 35 heavy (non-hydrogen) atoms. The summed E-state index contributed by atoms with van der Waals surface area (Å²) in [6.45, 7) is 5.28. The third-order valence-corrected chi connectivity index (χ3v) is 6.66. The van der Waals surface area contributed by atoms with Gasteiger partial charge in [-0.25, -0.2) is 12.8 Å². The number of nitrogens with one attached hydrogen (secondary N) is 1. The van der Waals surface area contributed by atoms with Gasteiger partial charge in [0.2, 0.25) is 21.8 Å². The van der Waals surface area contributed by atoms with Crippen molar-refractivity contribution in [1.29, 1.82) is 0 Å². The van der Waals surface area contributed by atoms with Gasteiger partial charge in [0.1, 0.15) is 24.2 Å². The average Bonchev–Trinajstić information content (AvgIpc) is 2.79. The Labute approximate surface area is 211 Å². The van der Waals surface area contributed by atoms with Gasteiger partial charge >= 0.3 is 0 Å². The average molecular weight is 528 g/mol. The molecule has 2 amide bonds. The van der Waals surface area contributed by atoms with Crippen molar-refractivity contribution in [1.82, 2.24) is 10.2 Å². The van der Waals surface area contributed by atoms with Gasteiger partial charge in [0, 0.05) is 13.1 Å². The molecule has 0 saturated heterocycles. The molecule has 0 spiro atoms. The maximum absolute atomic E-state index is 13.4. The van der Waals surface area contributed by atoms with Gasteiger partial charge in [0.15, 0.2) is 0 Å². The van der Waals surface area contributed by atoms with Crippen LogP contribution in [0.15, 0.2) is 42.5 Å². The number of carbonyl (C=O) groups excluding carboxylic acids is 2. The number of amides is 2. The number of methoxy groups -OCH3 is 1. The second kappa shape index (κ2) is 12.2. The Morgan fingerprint density at radius 2 is 1.74 bits per heavy atom. The molecule has 1 N–H and O–H groups in total. The monoisotopic (exact) mass is 527 g/mol. The molecule has 2 rings (SSSR count). The van der Waals surface area contributed by atoms with Crippen LogP contribution in [-0.2, 0) is 26.2 Å². The van der Waals surface area contributed by atoms with E-state index in [4.69, 9.17) is 16.3 Å². The summed E-state index contributed by atoms with van der Waals surface area (Å²) in [6, 6.07) is 8.97. The molecule has 2 aromatic carbocycles. The Hall–Kier alpha value is -2.85. The van der Waals surface area contributed by atoms with E-state index in [1.165, 1.54) is 54.5 Å². The molecule has 0 aliphatic heterocycles. The number of nitrogens with zero attached hydrogens (tertiary/aromatic N) is 2. The van der Waals surface area contributed by atoms with Crippen molar-refractivity contribution in [2.24, 2.45) is 5.92 Å². The van der Waals surface area contributed by atoms with Crippen molar-refractivity contribution in [2.75, 3.05) is 30.8 Å². The standard InChI is InChI=1S/C24H31ClFN3O5S/c1-16(2)13-27-24(31)17(3)28(14-18-6-8-19(26)9-7-18)23(30)15-29(35(5,32)33)20-10-11-22(34-4)21(25)12-20/h6-12,16-17H,13-15H2,1-5H3,(H,27,31)/t17-/m1/s1. The van der Waals surface area contributed by atoms with Crippen LogP contribution in [0, 0.1) is 11.7 Å². The van der Waals surface area contributed by atoms with Crippen LogP contribution in [0.5, 0.6) is 5.75 Å². The highest BCUT2D eigenvalue weighted by molar-refractivity contribution is 7.92. The first-order chi connectivity index (χ1) is 16.3. The molecule has 11 heteroatoms. The van der Waals surface area contributed by atoms with Gasteiger partial charge < -0.3 is 15.0 Å². The molecule has 0 bridgehead atoms. The highest BCUT2D eigenvalue weighted by Gasteiger charge is 2.30. The van der Waals surface area contributed by atoms with Gasteiger partial charge in [0.25, 0.3) is 0 Å². The number of hydrogen-bond acceptors (Lipinski definition) is 5. The highest BCUT2D eigenvalue weighted by Crippen LogP contribution is 2.30. The first-order valence-electron chi connectivity index (χ1n) is 11.0. The fourth-order valence-electron chi connectivity index (χ4n) is 3.25. The molecule has 0 unspecified atom stereocenters. The number of ether oxygens (including phenoxy) is 1. The molecule has 8 nitrogen and oxygen atoms in total. The third-order valence-electron chi connectivity index (χ3n) is 5.22. The van der Waals surface area contributed by atoms with E-state index in [0.717, 1.165) is 10.6 Å². The molecule has 0 fully saturated rings. The number of sulfonamides is 1. The Kier molecular flexibility index (Phi) is 9.91. The third kappa shape index (κ3) is 8.10. The molecule has 0 radical (unpaired) electrons. The number of hydrogen-bond donors (Lipinski definition) is 1. The SMILES string of the molecule is COc1ccc(N(CC(=O)N(Cc2ccc(F)cc2)[C@H](C)C(=O)NCC(C)C)S(C)(=O)=O)cc1Cl. The van der Waals surface area contributed by atoms with Gasteiger partial charge in [-0.15, -0.1) is 0 Å². The molecule has 1 atom stereocenters. The zero-order valence-corrected chi connectivity index (χ0v) is 22.0. The van der Waals surface area contributed by atoms with Crippen LogP contribution in [0.1, 0.15) is 26.3 Å². The molecule has 0 aliphatic carbocycles. The zero-order valence-electron chi connectivity index (χ0n) is 20.4. The lowest BCUT2D eigenvalue weighted by atomic mass is 10.1. The first-order valence-corrected chi connectivity index (χ1v) is 13.2. The smallest absolute Gasteiger partial charge is 0.244 e. The van der Waals surface area contributed by atoms with Crippen molar-refractivity contribution in [2.45, 2.75) is 33.4 Å². The summed E-state index contributed by atoms with van der Waals surface area (Å²) in [4.78, 5) is 27.5. The summed E-state index contributed by atoms with van der Waals surface area (Å²) in [5, 5.41) is 2.97. The number of halogens is 2. The second-order valence-electron chi connectivity index (χ2n) is 8.55. The predicted molar refractivity (Wildman–Crippen MR) is 134 cm³/mol.